The number of halogens is 1. The average Bonchev–Trinajstić information content (AvgIpc) is 2.86. The maximum atomic E-state index is 15.2. The van der Waals surface area contributed by atoms with Crippen molar-refractivity contribution in [1.82, 2.24) is 15.4 Å². The predicted molar refractivity (Wildman–Crippen MR) is 120 cm³/mol. The molecule has 168 valence electrons. The predicted octanol–water partition coefficient (Wildman–Crippen LogP) is 4.13. The van der Waals surface area contributed by atoms with E-state index in [0.29, 0.717) is 41.6 Å². The van der Waals surface area contributed by atoms with Crippen LogP contribution in [0.15, 0.2) is 71.6 Å². The van der Waals surface area contributed by atoms with Gasteiger partial charge in [0, 0.05) is 5.56 Å². The molecule has 1 aromatic heterocycles. The van der Waals surface area contributed by atoms with Gasteiger partial charge in [-0.15, -0.1) is 0 Å². The summed E-state index contributed by atoms with van der Waals surface area (Å²) in [4.78, 5) is 22.4. The highest BCUT2D eigenvalue weighted by atomic mass is 19.1. The topological polar surface area (TPSA) is 99.5 Å². The second kappa shape index (κ2) is 10.3. The van der Waals surface area contributed by atoms with Crippen molar-refractivity contribution in [2.24, 2.45) is 10.1 Å². The molecule has 3 aromatic rings. The first kappa shape index (κ1) is 21.9. The number of hydrogen-bond donors (Lipinski definition) is 1. The number of oxime groups is 1. The molecule has 1 aliphatic rings. The summed E-state index contributed by atoms with van der Waals surface area (Å²) >= 11 is 0. The molecule has 0 bridgehead atoms. The number of hydroxylamine groups is 1. The third-order valence-electron chi connectivity index (χ3n) is 4.46. The Kier molecular flexibility index (Phi) is 6.86. The van der Waals surface area contributed by atoms with Crippen LogP contribution in [0.2, 0.25) is 0 Å². The maximum Gasteiger partial charge on any atom is 0.263 e. The molecule has 0 saturated heterocycles. The van der Waals surface area contributed by atoms with E-state index in [1.165, 1.54) is 7.11 Å². The zero-order chi connectivity index (χ0) is 23.0. The van der Waals surface area contributed by atoms with E-state index in [4.69, 9.17) is 19.1 Å². The normalized spacial score (nSPS) is 13.5. The van der Waals surface area contributed by atoms with Gasteiger partial charge in [-0.2, -0.15) is 14.4 Å². The van der Waals surface area contributed by atoms with Gasteiger partial charge in [0.1, 0.15) is 24.9 Å². The van der Waals surface area contributed by atoms with Crippen LogP contribution in [-0.4, -0.2) is 41.8 Å². The molecular weight excluding hydrogens is 429 g/mol. The van der Waals surface area contributed by atoms with E-state index in [1.807, 2.05) is 6.07 Å². The van der Waals surface area contributed by atoms with Crippen LogP contribution in [0.1, 0.15) is 11.1 Å². The first-order valence-electron chi connectivity index (χ1n) is 9.92. The lowest BCUT2D eigenvalue weighted by Gasteiger charge is -2.17. The number of amidine groups is 1. The van der Waals surface area contributed by atoms with E-state index >= 15 is 4.39 Å². The molecule has 2 aromatic carbocycles. The van der Waals surface area contributed by atoms with Gasteiger partial charge in [-0.3, -0.25) is 9.83 Å². The number of aliphatic imine (C=N–C) groups is 1. The highest BCUT2D eigenvalue weighted by Crippen LogP contribution is 2.32. The summed E-state index contributed by atoms with van der Waals surface area (Å²) in [7, 11) is 1.41. The highest BCUT2D eigenvalue weighted by Gasteiger charge is 2.22. The molecule has 0 amide bonds. The molecule has 0 atom stereocenters. The van der Waals surface area contributed by atoms with E-state index in [0.717, 1.165) is 6.33 Å². The van der Waals surface area contributed by atoms with Crippen LogP contribution in [0.25, 0.3) is 6.08 Å². The molecule has 2 heterocycles. The lowest BCUT2D eigenvalue weighted by atomic mass is 10.1. The van der Waals surface area contributed by atoms with Gasteiger partial charge in [0.05, 0.1) is 18.7 Å². The second-order valence-corrected chi connectivity index (χ2v) is 6.54. The zero-order valence-corrected chi connectivity index (χ0v) is 17.7. The number of ether oxygens (including phenoxy) is 2. The Balaban J connectivity index is 1.67. The van der Waals surface area contributed by atoms with Crippen molar-refractivity contribution in [3.05, 3.63) is 78.4 Å². The number of nitrogens with zero attached hydrogens (tertiary/aromatic N) is 4. The van der Waals surface area contributed by atoms with Crippen molar-refractivity contribution in [3.63, 3.8) is 0 Å². The molecule has 0 radical (unpaired) electrons. The minimum atomic E-state index is -0.868. The Morgan fingerprint density at radius 2 is 1.79 bits per heavy atom. The Bertz CT molecular complexity index is 1210. The molecule has 1 aliphatic heterocycles. The SMILES string of the molecule is C=Cc1ccccc1Oc1ncnc(Oc2ccccc2/C(=N/OC)C2=NCCON2)c1F. The van der Waals surface area contributed by atoms with Crippen molar-refractivity contribution < 1.29 is 23.5 Å². The fraction of sp³-hybridized carbons (Fsp3) is 0.130. The number of nitrogens with one attached hydrogen (secondary N) is 1. The zero-order valence-electron chi connectivity index (χ0n) is 17.7. The van der Waals surface area contributed by atoms with Crippen LogP contribution < -0.4 is 15.0 Å². The van der Waals surface area contributed by atoms with Crippen molar-refractivity contribution >= 4 is 17.6 Å². The summed E-state index contributed by atoms with van der Waals surface area (Å²) in [5.41, 5.74) is 4.19. The number of benzene rings is 2. The lowest BCUT2D eigenvalue weighted by Crippen LogP contribution is -2.37. The average molecular weight is 449 g/mol. The van der Waals surface area contributed by atoms with Crippen LogP contribution in [0.3, 0.4) is 0 Å². The van der Waals surface area contributed by atoms with E-state index in [-0.39, 0.29) is 17.5 Å². The van der Waals surface area contributed by atoms with Gasteiger partial charge in [-0.05, 0) is 18.2 Å². The minimum Gasteiger partial charge on any atom is -0.436 e. The molecule has 33 heavy (non-hydrogen) atoms. The van der Waals surface area contributed by atoms with Gasteiger partial charge in [-0.25, -0.2) is 5.48 Å². The summed E-state index contributed by atoms with van der Waals surface area (Å²) < 4.78 is 26.7. The molecule has 0 spiro atoms. The van der Waals surface area contributed by atoms with Gasteiger partial charge >= 0.3 is 0 Å². The number of aromatic nitrogens is 2. The maximum absolute atomic E-state index is 15.2. The Morgan fingerprint density at radius 3 is 2.48 bits per heavy atom. The van der Waals surface area contributed by atoms with Gasteiger partial charge < -0.3 is 14.3 Å². The largest absolute Gasteiger partial charge is 0.436 e. The first-order chi connectivity index (χ1) is 16.2. The van der Waals surface area contributed by atoms with E-state index in [2.05, 4.69) is 32.2 Å². The van der Waals surface area contributed by atoms with E-state index in [1.54, 1.807) is 48.5 Å². The molecule has 9 nitrogen and oxygen atoms in total. The third kappa shape index (κ3) is 4.96. The van der Waals surface area contributed by atoms with Crippen molar-refractivity contribution in [2.75, 3.05) is 20.3 Å². The monoisotopic (exact) mass is 449 g/mol. The second-order valence-electron chi connectivity index (χ2n) is 6.54. The Labute approximate surface area is 189 Å². The first-order valence-corrected chi connectivity index (χ1v) is 9.92. The van der Waals surface area contributed by atoms with Crippen LogP contribution in [0, 0.1) is 5.82 Å². The summed E-state index contributed by atoms with van der Waals surface area (Å²) in [6, 6.07) is 13.9. The van der Waals surface area contributed by atoms with Crippen molar-refractivity contribution in [1.29, 1.82) is 0 Å². The van der Waals surface area contributed by atoms with Gasteiger partial charge in [0.15, 0.2) is 11.5 Å². The van der Waals surface area contributed by atoms with Gasteiger partial charge in [0.25, 0.3) is 11.8 Å². The summed E-state index contributed by atoms with van der Waals surface area (Å²) in [5, 5.41) is 4.04. The Hall–Kier alpha value is -4.31. The molecule has 4 rings (SSSR count). The molecular formula is C23H20FN5O4. The van der Waals surface area contributed by atoms with Crippen LogP contribution >= 0.6 is 0 Å². The quantitative estimate of drug-likeness (QED) is 0.408. The molecule has 0 fully saturated rings. The smallest absolute Gasteiger partial charge is 0.263 e. The summed E-state index contributed by atoms with van der Waals surface area (Å²) in [5.74, 6) is -0.467. The standard InChI is InChI=1S/C23H20FN5O4/c1-3-15-8-4-6-10-17(15)32-22-19(24)23(27-14-26-22)33-18-11-7-5-9-16(18)20(28-30-2)21-25-12-13-31-29-21/h3-11,14H,1,12-13H2,2H3,(H,25,29)/b28-20-. The van der Waals surface area contributed by atoms with Crippen LogP contribution in [0.4, 0.5) is 4.39 Å². The molecule has 1 N–H and O–H groups in total. The summed E-state index contributed by atoms with van der Waals surface area (Å²) in [6.45, 7) is 4.60. The number of hydrogen-bond acceptors (Lipinski definition) is 9. The van der Waals surface area contributed by atoms with E-state index in [9.17, 15) is 0 Å². The van der Waals surface area contributed by atoms with Gasteiger partial charge in [0.2, 0.25) is 5.82 Å². The van der Waals surface area contributed by atoms with Gasteiger partial charge in [-0.1, -0.05) is 48.1 Å². The highest BCUT2D eigenvalue weighted by molar-refractivity contribution is 6.47. The Morgan fingerprint density at radius 1 is 1.09 bits per heavy atom. The van der Waals surface area contributed by atoms with Crippen molar-refractivity contribution in [3.8, 4) is 23.3 Å². The van der Waals surface area contributed by atoms with Crippen LogP contribution in [-0.2, 0) is 9.68 Å². The molecule has 10 heteroatoms. The summed E-state index contributed by atoms with van der Waals surface area (Å²) in [6.07, 6.45) is 2.75. The molecule has 0 unspecified atom stereocenters. The fourth-order valence-electron chi connectivity index (χ4n) is 2.97. The third-order valence-corrected chi connectivity index (χ3v) is 4.46. The fourth-order valence-corrected chi connectivity index (χ4v) is 2.97. The van der Waals surface area contributed by atoms with Crippen LogP contribution in [0.5, 0.6) is 23.3 Å². The minimum absolute atomic E-state index is 0.262. The van der Waals surface area contributed by atoms with E-state index < -0.39 is 5.82 Å². The number of rotatable bonds is 8. The lowest BCUT2D eigenvalue weighted by molar-refractivity contribution is 0.0836. The molecule has 0 saturated carbocycles. The molecule has 0 aliphatic carbocycles. The number of para-hydroxylation sites is 2. The van der Waals surface area contributed by atoms with Crippen molar-refractivity contribution in [2.45, 2.75) is 0 Å².